The third-order valence-electron chi connectivity index (χ3n) is 4.23. The molecule has 0 aliphatic carbocycles. The van der Waals surface area contributed by atoms with Crippen LogP contribution in [0.4, 0.5) is 0 Å². The van der Waals surface area contributed by atoms with Crippen molar-refractivity contribution in [1.29, 1.82) is 0 Å². The maximum absolute atomic E-state index is 5.82. The molecule has 3 nitrogen and oxygen atoms in total. The van der Waals surface area contributed by atoms with Gasteiger partial charge in [-0.2, -0.15) is 0 Å². The second-order valence-corrected chi connectivity index (χ2v) is 6.47. The molecule has 2 saturated heterocycles. The van der Waals surface area contributed by atoms with Gasteiger partial charge in [0.05, 0.1) is 17.7 Å². The highest BCUT2D eigenvalue weighted by Crippen LogP contribution is 2.38. The molecule has 0 radical (unpaired) electrons. The van der Waals surface area contributed by atoms with Crippen molar-refractivity contribution in [2.75, 3.05) is 39.5 Å². The van der Waals surface area contributed by atoms with E-state index < -0.39 is 0 Å². The molecule has 0 amide bonds. The van der Waals surface area contributed by atoms with E-state index >= 15 is 0 Å². The van der Waals surface area contributed by atoms with Gasteiger partial charge >= 0.3 is 0 Å². The van der Waals surface area contributed by atoms with Crippen molar-refractivity contribution >= 4 is 15.9 Å². The van der Waals surface area contributed by atoms with Gasteiger partial charge in [0.25, 0.3) is 0 Å². The van der Waals surface area contributed by atoms with Crippen LogP contribution in [0.3, 0.4) is 0 Å². The van der Waals surface area contributed by atoms with Crippen LogP contribution in [0.15, 0.2) is 28.7 Å². The van der Waals surface area contributed by atoms with Crippen molar-refractivity contribution in [3.8, 4) is 5.75 Å². The zero-order valence-electron chi connectivity index (χ0n) is 11.1. The summed E-state index contributed by atoms with van der Waals surface area (Å²) in [4.78, 5) is 2.50. The molecule has 19 heavy (non-hydrogen) atoms. The van der Waals surface area contributed by atoms with Crippen LogP contribution in [0.5, 0.6) is 5.75 Å². The number of rotatable bonds is 4. The van der Waals surface area contributed by atoms with E-state index in [1.807, 2.05) is 24.3 Å². The van der Waals surface area contributed by atoms with Gasteiger partial charge in [-0.1, -0.05) is 12.1 Å². The van der Waals surface area contributed by atoms with Crippen LogP contribution in [0.25, 0.3) is 0 Å². The van der Waals surface area contributed by atoms with Gasteiger partial charge < -0.3 is 9.47 Å². The molecule has 0 aromatic heterocycles. The highest BCUT2D eigenvalue weighted by molar-refractivity contribution is 9.10. The second-order valence-electron chi connectivity index (χ2n) is 5.61. The minimum atomic E-state index is 0.528. The maximum Gasteiger partial charge on any atom is 0.133 e. The Morgan fingerprint density at radius 1 is 1.21 bits per heavy atom. The molecule has 104 valence electrons. The number of likely N-dealkylation sites (tertiary alicyclic amines) is 1. The van der Waals surface area contributed by atoms with Gasteiger partial charge in [-0.25, -0.2) is 0 Å². The number of para-hydroxylation sites is 1. The first kappa shape index (κ1) is 13.4. The highest BCUT2D eigenvalue weighted by Gasteiger charge is 2.40. The summed E-state index contributed by atoms with van der Waals surface area (Å²) in [6.07, 6.45) is 2.56. The first-order chi connectivity index (χ1) is 9.27. The smallest absolute Gasteiger partial charge is 0.133 e. The number of benzene rings is 1. The van der Waals surface area contributed by atoms with Crippen molar-refractivity contribution in [2.24, 2.45) is 5.41 Å². The third kappa shape index (κ3) is 3.12. The Labute approximate surface area is 123 Å². The molecule has 0 atom stereocenters. The van der Waals surface area contributed by atoms with Gasteiger partial charge in [0.1, 0.15) is 12.4 Å². The summed E-state index contributed by atoms with van der Waals surface area (Å²) < 4.78 is 12.2. The average molecular weight is 326 g/mol. The average Bonchev–Trinajstić information content (AvgIpc) is 2.40. The van der Waals surface area contributed by atoms with Crippen LogP contribution in [0, 0.1) is 5.41 Å². The summed E-state index contributed by atoms with van der Waals surface area (Å²) in [7, 11) is 0. The molecule has 1 aromatic rings. The second kappa shape index (κ2) is 5.81. The van der Waals surface area contributed by atoms with Crippen molar-refractivity contribution in [2.45, 2.75) is 12.8 Å². The molecule has 0 saturated carbocycles. The standard InChI is InChI=1S/C15H20BrNO2/c16-13-3-1-2-4-14(13)19-10-9-17-7-5-15(6-8-17)11-18-12-15/h1-4H,5-12H2. The quantitative estimate of drug-likeness (QED) is 0.849. The van der Waals surface area contributed by atoms with Gasteiger partial charge in [-0.05, 0) is 54.0 Å². The van der Waals surface area contributed by atoms with Crippen LogP contribution >= 0.6 is 15.9 Å². The van der Waals surface area contributed by atoms with Crippen molar-refractivity contribution in [1.82, 2.24) is 4.90 Å². The molecule has 2 aliphatic heterocycles. The number of nitrogens with zero attached hydrogens (tertiary/aromatic N) is 1. The lowest BCUT2D eigenvalue weighted by Crippen LogP contribution is -2.51. The molecular weight excluding hydrogens is 306 g/mol. The Hall–Kier alpha value is -0.580. The topological polar surface area (TPSA) is 21.7 Å². The molecular formula is C15H20BrNO2. The van der Waals surface area contributed by atoms with E-state index in [4.69, 9.17) is 9.47 Å². The summed E-state index contributed by atoms with van der Waals surface area (Å²) in [6.45, 7) is 6.10. The first-order valence-corrected chi connectivity index (χ1v) is 7.74. The van der Waals surface area contributed by atoms with Crippen molar-refractivity contribution in [3.63, 3.8) is 0 Å². The monoisotopic (exact) mass is 325 g/mol. The van der Waals surface area contributed by atoms with Crippen LogP contribution < -0.4 is 4.74 Å². The number of piperidine rings is 1. The Morgan fingerprint density at radius 3 is 2.58 bits per heavy atom. The fourth-order valence-corrected chi connectivity index (χ4v) is 3.18. The predicted molar refractivity (Wildman–Crippen MR) is 78.6 cm³/mol. The molecule has 1 aromatic carbocycles. The van der Waals surface area contributed by atoms with Gasteiger partial charge in [0.2, 0.25) is 0 Å². The zero-order chi connectivity index (χ0) is 13.1. The van der Waals surface area contributed by atoms with E-state index in [2.05, 4.69) is 20.8 Å². The third-order valence-corrected chi connectivity index (χ3v) is 4.89. The van der Waals surface area contributed by atoms with Crippen LogP contribution in [-0.2, 0) is 4.74 Å². The van der Waals surface area contributed by atoms with Crippen LogP contribution in [0.1, 0.15) is 12.8 Å². The van der Waals surface area contributed by atoms with E-state index in [0.717, 1.165) is 36.6 Å². The maximum atomic E-state index is 5.82. The Morgan fingerprint density at radius 2 is 1.95 bits per heavy atom. The molecule has 2 aliphatic rings. The van der Waals surface area contributed by atoms with E-state index in [1.54, 1.807) is 0 Å². The normalized spacial score (nSPS) is 22.2. The Bertz CT molecular complexity index is 424. The van der Waals surface area contributed by atoms with Gasteiger partial charge in [0.15, 0.2) is 0 Å². The summed E-state index contributed by atoms with van der Waals surface area (Å²) in [6, 6.07) is 8.01. The summed E-state index contributed by atoms with van der Waals surface area (Å²) >= 11 is 3.50. The first-order valence-electron chi connectivity index (χ1n) is 6.95. The van der Waals surface area contributed by atoms with E-state index in [9.17, 15) is 0 Å². The lowest BCUT2D eigenvalue weighted by atomic mass is 9.77. The SMILES string of the molecule is Brc1ccccc1OCCN1CCC2(CC1)COC2. The molecule has 3 rings (SSSR count). The molecule has 4 heteroatoms. The zero-order valence-corrected chi connectivity index (χ0v) is 12.7. The summed E-state index contributed by atoms with van der Waals surface area (Å²) in [5, 5.41) is 0. The highest BCUT2D eigenvalue weighted by atomic mass is 79.9. The van der Waals surface area contributed by atoms with Crippen molar-refractivity contribution in [3.05, 3.63) is 28.7 Å². The fraction of sp³-hybridized carbons (Fsp3) is 0.600. The Kier molecular flexibility index (Phi) is 4.10. The van der Waals surface area contributed by atoms with Gasteiger partial charge in [-0.15, -0.1) is 0 Å². The van der Waals surface area contributed by atoms with E-state index in [1.165, 1.54) is 25.9 Å². The van der Waals surface area contributed by atoms with Gasteiger partial charge in [-0.3, -0.25) is 4.90 Å². The summed E-state index contributed by atoms with van der Waals surface area (Å²) in [5.74, 6) is 0.934. The fourth-order valence-electron chi connectivity index (χ4n) is 2.78. The minimum absolute atomic E-state index is 0.528. The molecule has 1 spiro atoms. The Balaban J connectivity index is 1.40. The minimum Gasteiger partial charge on any atom is -0.491 e. The lowest BCUT2D eigenvalue weighted by Gasteiger charge is -2.47. The lowest BCUT2D eigenvalue weighted by molar-refractivity contribution is -0.139. The number of halogens is 1. The van der Waals surface area contributed by atoms with E-state index in [-0.39, 0.29) is 0 Å². The molecule has 0 bridgehead atoms. The predicted octanol–water partition coefficient (Wildman–Crippen LogP) is 2.94. The number of ether oxygens (including phenoxy) is 2. The molecule has 0 unspecified atom stereocenters. The van der Waals surface area contributed by atoms with Crippen LogP contribution in [-0.4, -0.2) is 44.4 Å². The molecule has 2 heterocycles. The molecule has 2 fully saturated rings. The van der Waals surface area contributed by atoms with Gasteiger partial charge in [0, 0.05) is 12.0 Å². The molecule has 0 N–H and O–H groups in total. The van der Waals surface area contributed by atoms with E-state index in [0.29, 0.717) is 5.41 Å². The summed E-state index contributed by atoms with van der Waals surface area (Å²) in [5.41, 5.74) is 0.528. The number of hydrogen-bond acceptors (Lipinski definition) is 3. The van der Waals surface area contributed by atoms with Crippen LogP contribution in [0.2, 0.25) is 0 Å². The number of hydrogen-bond donors (Lipinski definition) is 0. The van der Waals surface area contributed by atoms with Crippen molar-refractivity contribution < 1.29 is 9.47 Å². The largest absolute Gasteiger partial charge is 0.491 e.